The van der Waals surface area contributed by atoms with Crippen molar-refractivity contribution in [2.45, 2.75) is 24.9 Å². The predicted molar refractivity (Wildman–Crippen MR) is 96.4 cm³/mol. The fourth-order valence-corrected chi connectivity index (χ4v) is 4.13. The van der Waals surface area contributed by atoms with E-state index in [1.165, 1.54) is 0 Å². The third kappa shape index (κ3) is 2.80. The van der Waals surface area contributed by atoms with Crippen LogP contribution in [0.1, 0.15) is 23.2 Å². The van der Waals surface area contributed by atoms with Crippen molar-refractivity contribution in [3.8, 4) is 0 Å². The molecule has 0 radical (unpaired) electrons. The van der Waals surface area contributed by atoms with Crippen molar-refractivity contribution in [3.05, 3.63) is 36.0 Å². The number of hydrogen-bond acceptors (Lipinski definition) is 3. The molecule has 1 N–H and O–H groups in total. The molecule has 2 aliphatic heterocycles. The fraction of sp³-hybridized carbons (Fsp3) is 0.474. The van der Waals surface area contributed by atoms with Crippen molar-refractivity contribution >= 4 is 22.7 Å². The van der Waals surface area contributed by atoms with Crippen LogP contribution in [-0.4, -0.2) is 77.3 Å². The first-order valence-corrected chi connectivity index (χ1v) is 8.87. The van der Waals surface area contributed by atoms with Gasteiger partial charge in [0.1, 0.15) is 0 Å². The Labute approximate surface area is 147 Å². The van der Waals surface area contributed by atoms with E-state index in [-0.39, 0.29) is 23.9 Å². The number of aromatic nitrogens is 1. The molecule has 2 fully saturated rings. The monoisotopic (exact) mass is 340 g/mol. The van der Waals surface area contributed by atoms with Crippen LogP contribution >= 0.6 is 0 Å². The van der Waals surface area contributed by atoms with Crippen molar-refractivity contribution in [1.29, 1.82) is 0 Å². The van der Waals surface area contributed by atoms with E-state index in [1.54, 1.807) is 0 Å². The third-order valence-corrected chi connectivity index (χ3v) is 5.46. The smallest absolute Gasteiger partial charge is 0.254 e. The topological polar surface area (TPSA) is 59.6 Å². The number of nitrogens with zero attached hydrogens (tertiary/aromatic N) is 3. The van der Waals surface area contributed by atoms with Crippen LogP contribution in [0.4, 0.5) is 0 Å². The number of hydrogen-bond donors (Lipinski definition) is 1. The summed E-state index contributed by atoms with van der Waals surface area (Å²) < 4.78 is 0. The molecule has 2 aromatic rings. The molecule has 6 nitrogen and oxygen atoms in total. The molecular weight excluding hydrogens is 316 g/mol. The number of H-pyrrole nitrogens is 1. The van der Waals surface area contributed by atoms with Crippen LogP contribution in [0.2, 0.25) is 0 Å². The highest BCUT2D eigenvalue weighted by Gasteiger charge is 2.48. The van der Waals surface area contributed by atoms with Crippen LogP contribution in [0.25, 0.3) is 10.9 Å². The molecule has 2 atom stereocenters. The van der Waals surface area contributed by atoms with Crippen molar-refractivity contribution in [3.63, 3.8) is 0 Å². The van der Waals surface area contributed by atoms with E-state index in [2.05, 4.69) is 9.88 Å². The Balaban J connectivity index is 1.52. The summed E-state index contributed by atoms with van der Waals surface area (Å²) in [6, 6.07) is 7.91. The van der Waals surface area contributed by atoms with E-state index in [0.29, 0.717) is 12.0 Å². The van der Waals surface area contributed by atoms with Gasteiger partial charge in [-0.2, -0.15) is 0 Å². The molecule has 3 heterocycles. The van der Waals surface area contributed by atoms with E-state index in [0.717, 1.165) is 37.0 Å². The number of carbonyl (C=O) groups excluding carboxylic acids is 2. The van der Waals surface area contributed by atoms with E-state index < -0.39 is 0 Å². The first-order chi connectivity index (χ1) is 12.0. The van der Waals surface area contributed by atoms with Gasteiger partial charge in [-0.3, -0.25) is 9.59 Å². The Morgan fingerprint density at radius 1 is 1.28 bits per heavy atom. The highest BCUT2D eigenvalue weighted by molar-refractivity contribution is 5.99. The van der Waals surface area contributed by atoms with Gasteiger partial charge in [0, 0.05) is 48.7 Å². The van der Waals surface area contributed by atoms with Gasteiger partial charge < -0.3 is 19.7 Å². The van der Waals surface area contributed by atoms with Crippen LogP contribution in [0.3, 0.4) is 0 Å². The lowest BCUT2D eigenvalue weighted by atomic mass is 10.1. The van der Waals surface area contributed by atoms with Crippen LogP contribution in [0.5, 0.6) is 0 Å². The molecular formula is C19H24N4O2. The number of nitrogens with one attached hydrogen (secondary N) is 1. The Bertz CT molecular complexity index is 813. The molecule has 0 unspecified atom stereocenters. The second kappa shape index (κ2) is 6.19. The Morgan fingerprint density at radius 2 is 2.12 bits per heavy atom. The lowest BCUT2D eigenvalue weighted by Crippen LogP contribution is -2.41. The summed E-state index contributed by atoms with van der Waals surface area (Å²) in [5.41, 5.74) is 1.73. The van der Waals surface area contributed by atoms with Gasteiger partial charge in [-0.1, -0.05) is 0 Å². The Hall–Kier alpha value is -2.34. The number of amides is 2. The zero-order chi connectivity index (χ0) is 17.6. The highest BCUT2D eigenvalue weighted by Crippen LogP contribution is 2.33. The lowest BCUT2D eigenvalue weighted by Gasteiger charge is -2.26. The Morgan fingerprint density at radius 3 is 2.92 bits per heavy atom. The minimum absolute atomic E-state index is 0.0177. The van der Waals surface area contributed by atoms with Crippen LogP contribution < -0.4 is 0 Å². The maximum absolute atomic E-state index is 13.0. The maximum Gasteiger partial charge on any atom is 0.254 e. The number of aromatic amines is 1. The average molecular weight is 340 g/mol. The van der Waals surface area contributed by atoms with Gasteiger partial charge in [-0.05, 0) is 44.8 Å². The van der Waals surface area contributed by atoms with Gasteiger partial charge in [0.2, 0.25) is 5.91 Å². The standard InChI is InChI=1S/C19H24N4O2/c1-21(2)9-10-22-16-6-8-23(17(16)12-18(22)24)19(25)14-3-4-15-13(11-14)5-7-20-15/h3-5,7,11,16-17,20H,6,8-10,12H2,1-2H3/t16-,17+/m0/s1. The first-order valence-electron chi connectivity index (χ1n) is 8.87. The molecule has 6 heteroatoms. The van der Waals surface area contributed by atoms with E-state index in [9.17, 15) is 9.59 Å². The maximum atomic E-state index is 13.0. The first kappa shape index (κ1) is 16.1. The largest absolute Gasteiger partial charge is 0.361 e. The summed E-state index contributed by atoms with van der Waals surface area (Å²) in [6.45, 7) is 2.32. The minimum atomic E-state index is 0.0177. The highest BCUT2D eigenvalue weighted by atomic mass is 16.2. The second-order valence-corrected chi connectivity index (χ2v) is 7.30. The van der Waals surface area contributed by atoms with Gasteiger partial charge in [0.25, 0.3) is 5.91 Å². The molecule has 0 saturated carbocycles. The summed E-state index contributed by atoms with van der Waals surface area (Å²) in [5.74, 6) is 0.216. The van der Waals surface area contributed by atoms with Crippen molar-refractivity contribution in [2.24, 2.45) is 0 Å². The number of likely N-dealkylation sites (N-methyl/N-ethyl adjacent to an activating group) is 1. The zero-order valence-electron chi connectivity index (χ0n) is 14.7. The van der Waals surface area contributed by atoms with E-state index in [1.807, 2.05) is 54.4 Å². The summed E-state index contributed by atoms with van der Waals surface area (Å²) in [6.07, 6.45) is 3.21. The third-order valence-electron chi connectivity index (χ3n) is 5.46. The van der Waals surface area contributed by atoms with Crippen LogP contribution in [0.15, 0.2) is 30.5 Å². The normalized spacial score (nSPS) is 23.1. The summed E-state index contributed by atoms with van der Waals surface area (Å²) in [7, 11) is 4.03. The molecule has 1 aromatic carbocycles. The second-order valence-electron chi connectivity index (χ2n) is 7.30. The van der Waals surface area contributed by atoms with Gasteiger partial charge in [0.15, 0.2) is 0 Å². The number of benzene rings is 1. The predicted octanol–water partition coefficient (Wildman–Crippen LogP) is 1.54. The minimum Gasteiger partial charge on any atom is -0.361 e. The Kier molecular flexibility index (Phi) is 4.00. The quantitative estimate of drug-likeness (QED) is 0.919. The van der Waals surface area contributed by atoms with E-state index in [4.69, 9.17) is 0 Å². The molecule has 0 aliphatic carbocycles. The molecule has 25 heavy (non-hydrogen) atoms. The van der Waals surface area contributed by atoms with Crippen LogP contribution in [-0.2, 0) is 4.79 Å². The van der Waals surface area contributed by atoms with Crippen molar-refractivity contribution in [1.82, 2.24) is 19.7 Å². The summed E-state index contributed by atoms with van der Waals surface area (Å²) >= 11 is 0. The van der Waals surface area contributed by atoms with Crippen molar-refractivity contribution in [2.75, 3.05) is 33.7 Å². The summed E-state index contributed by atoms with van der Waals surface area (Å²) in [5, 5.41) is 1.04. The summed E-state index contributed by atoms with van der Waals surface area (Å²) in [4.78, 5) is 34.5. The fourth-order valence-electron chi connectivity index (χ4n) is 4.13. The average Bonchev–Trinajstić information content (AvgIpc) is 3.26. The molecule has 1 aromatic heterocycles. The van der Waals surface area contributed by atoms with Gasteiger partial charge in [0.05, 0.1) is 12.1 Å². The van der Waals surface area contributed by atoms with Gasteiger partial charge in [-0.25, -0.2) is 0 Å². The molecule has 0 spiro atoms. The van der Waals surface area contributed by atoms with Gasteiger partial charge in [-0.15, -0.1) is 0 Å². The molecule has 132 valence electrons. The molecule has 2 amide bonds. The van der Waals surface area contributed by atoms with E-state index >= 15 is 0 Å². The zero-order valence-corrected chi connectivity index (χ0v) is 14.7. The number of likely N-dealkylation sites (tertiary alicyclic amines) is 2. The number of fused-ring (bicyclic) bond motifs is 2. The molecule has 4 rings (SSSR count). The molecule has 2 saturated heterocycles. The van der Waals surface area contributed by atoms with Crippen molar-refractivity contribution < 1.29 is 9.59 Å². The van der Waals surface area contributed by atoms with Crippen LogP contribution in [0, 0.1) is 0 Å². The lowest BCUT2D eigenvalue weighted by molar-refractivity contribution is -0.129. The van der Waals surface area contributed by atoms with Gasteiger partial charge >= 0.3 is 0 Å². The number of rotatable bonds is 4. The number of carbonyl (C=O) groups is 2. The molecule has 2 aliphatic rings. The SMILES string of the molecule is CN(C)CCN1C(=O)C[C@@H]2[C@@H]1CCN2C(=O)c1ccc2[nH]ccc2c1. The molecule has 0 bridgehead atoms.